The van der Waals surface area contributed by atoms with Crippen molar-refractivity contribution in [2.45, 2.75) is 31.3 Å². The van der Waals surface area contributed by atoms with E-state index in [0.717, 1.165) is 17.4 Å². The van der Waals surface area contributed by atoms with Gasteiger partial charge in [-0.25, -0.2) is 4.98 Å². The number of thioether (sulfide) groups is 1. The minimum absolute atomic E-state index is 0.0869. The molecule has 0 N–H and O–H groups in total. The molecule has 0 amide bonds. The van der Waals surface area contributed by atoms with Crippen molar-refractivity contribution in [2.75, 3.05) is 0 Å². The molecule has 0 radical (unpaired) electrons. The number of hydrogen-bond acceptors (Lipinski definition) is 6. The summed E-state index contributed by atoms with van der Waals surface area (Å²) < 4.78 is 9.08. The maximum Gasteiger partial charge on any atom is 0.258 e. The number of fused-ring (bicyclic) bond motifs is 1. The fourth-order valence-corrected chi connectivity index (χ4v) is 3.67. The number of hydrogen-bond donors (Lipinski definition) is 0. The van der Waals surface area contributed by atoms with Crippen molar-refractivity contribution in [3.63, 3.8) is 0 Å². The Morgan fingerprint density at radius 3 is 2.85 bits per heavy atom. The Labute approximate surface area is 160 Å². The van der Waals surface area contributed by atoms with Gasteiger partial charge in [0, 0.05) is 24.6 Å². The highest BCUT2D eigenvalue weighted by atomic mass is 32.2. The summed E-state index contributed by atoms with van der Waals surface area (Å²) in [6, 6.07) is 10.8. The highest BCUT2D eigenvalue weighted by molar-refractivity contribution is 7.98. The third kappa shape index (κ3) is 3.66. The van der Waals surface area contributed by atoms with Crippen molar-refractivity contribution in [1.29, 1.82) is 0 Å². The second-order valence-corrected chi connectivity index (χ2v) is 7.53. The van der Waals surface area contributed by atoms with E-state index < -0.39 is 0 Å². The lowest BCUT2D eigenvalue weighted by Gasteiger charge is -2.11. The molecule has 0 saturated carbocycles. The van der Waals surface area contributed by atoms with E-state index in [1.807, 2.05) is 30.3 Å². The third-order valence-corrected chi connectivity index (χ3v) is 4.98. The fourth-order valence-electron chi connectivity index (χ4n) is 2.83. The quantitative estimate of drug-likeness (QED) is 0.476. The zero-order chi connectivity index (χ0) is 18.8. The molecular formula is C19H19N5O2S. The van der Waals surface area contributed by atoms with Gasteiger partial charge in [-0.15, -0.1) is 10.2 Å². The summed E-state index contributed by atoms with van der Waals surface area (Å²) in [5.41, 5.74) is 1.27. The van der Waals surface area contributed by atoms with Gasteiger partial charge in [-0.2, -0.15) is 0 Å². The molecule has 0 aliphatic rings. The number of nitrogens with zero attached hydrogens (tertiary/aromatic N) is 5. The number of rotatable bonds is 6. The van der Waals surface area contributed by atoms with Gasteiger partial charge < -0.3 is 4.42 Å². The second kappa shape index (κ2) is 7.40. The van der Waals surface area contributed by atoms with E-state index >= 15 is 0 Å². The van der Waals surface area contributed by atoms with Crippen molar-refractivity contribution in [1.82, 2.24) is 24.1 Å². The molecule has 27 heavy (non-hydrogen) atoms. The summed E-state index contributed by atoms with van der Waals surface area (Å²) in [6.07, 6.45) is 3.35. The Morgan fingerprint density at radius 2 is 2.07 bits per heavy atom. The normalized spacial score (nSPS) is 11.5. The molecule has 4 heterocycles. The summed E-state index contributed by atoms with van der Waals surface area (Å²) >= 11 is 1.51. The van der Waals surface area contributed by atoms with Crippen LogP contribution in [0.3, 0.4) is 0 Å². The monoisotopic (exact) mass is 381 g/mol. The average Bonchev–Trinajstić information content (AvgIpc) is 3.29. The highest BCUT2D eigenvalue weighted by Crippen LogP contribution is 2.27. The van der Waals surface area contributed by atoms with Crippen molar-refractivity contribution < 1.29 is 4.42 Å². The zero-order valence-electron chi connectivity index (χ0n) is 15.1. The van der Waals surface area contributed by atoms with E-state index in [0.29, 0.717) is 28.9 Å². The molecule has 4 rings (SSSR count). The van der Waals surface area contributed by atoms with E-state index in [1.54, 1.807) is 18.5 Å². The molecule has 0 saturated heterocycles. The van der Waals surface area contributed by atoms with Gasteiger partial charge in [-0.1, -0.05) is 31.7 Å². The van der Waals surface area contributed by atoms with Crippen molar-refractivity contribution in [3.8, 4) is 11.6 Å². The fraction of sp³-hybridized carbons (Fsp3) is 0.263. The van der Waals surface area contributed by atoms with Gasteiger partial charge >= 0.3 is 0 Å². The molecule has 0 bridgehead atoms. The van der Waals surface area contributed by atoms with E-state index in [9.17, 15) is 4.79 Å². The first kappa shape index (κ1) is 17.5. The van der Waals surface area contributed by atoms with Crippen LogP contribution in [0.1, 0.15) is 19.5 Å². The summed E-state index contributed by atoms with van der Waals surface area (Å²) in [6.45, 7) is 5.07. The van der Waals surface area contributed by atoms with E-state index in [1.165, 1.54) is 16.2 Å². The zero-order valence-corrected chi connectivity index (χ0v) is 15.9. The molecule has 7 nitrogen and oxygen atoms in total. The van der Waals surface area contributed by atoms with Crippen LogP contribution in [0.5, 0.6) is 0 Å². The van der Waals surface area contributed by atoms with Crippen LogP contribution in [0, 0.1) is 5.92 Å². The summed E-state index contributed by atoms with van der Waals surface area (Å²) in [4.78, 5) is 16.8. The lowest BCUT2D eigenvalue weighted by Crippen LogP contribution is -2.14. The third-order valence-electron chi connectivity index (χ3n) is 3.98. The van der Waals surface area contributed by atoms with Crippen LogP contribution in [0.15, 0.2) is 63.2 Å². The van der Waals surface area contributed by atoms with Crippen LogP contribution in [-0.2, 0) is 12.3 Å². The van der Waals surface area contributed by atoms with Crippen LogP contribution >= 0.6 is 11.8 Å². The van der Waals surface area contributed by atoms with E-state index in [2.05, 4.69) is 33.6 Å². The largest absolute Gasteiger partial charge is 0.461 e. The minimum atomic E-state index is -0.0869. The number of aromatic nitrogens is 5. The van der Waals surface area contributed by atoms with Crippen molar-refractivity contribution >= 4 is 17.4 Å². The van der Waals surface area contributed by atoms with Gasteiger partial charge in [-0.05, 0) is 30.2 Å². The standard InChI is InChI=1S/C19H19N5O2S/c1-13(2)11-24-18(15-6-5-9-26-15)21-22-19(24)27-12-14-10-17(25)23-8-4-3-7-16(23)20-14/h3-10,13H,11-12H2,1-2H3. The van der Waals surface area contributed by atoms with E-state index in [4.69, 9.17) is 4.42 Å². The van der Waals surface area contributed by atoms with Gasteiger partial charge in [0.1, 0.15) is 5.65 Å². The Morgan fingerprint density at radius 1 is 1.19 bits per heavy atom. The first-order valence-corrected chi connectivity index (χ1v) is 9.67. The molecule has 0 fully saturated rings. The van der Waals surface area contributed by atoms with Crippen LogP contribution in [0.4, 0.5) is 0 Å². The maximum absolute atomic E-state index is 12.3. The topological polar surface area (TPSA) is 78.2 Å². The van der Waals surface area contributed by atoms with Gasteiger partial charge in [0.05, 0.1) is 12.0 Å². The van der Waals surface area contributed by atoms with Crippen LogP contribution < -0.4 is 5.56 Å². The summed E-state index contributed by atoms with van der Waals surface area (Å²) in [5, 5.41) is 9.42. The first-order chi connectivity index (χ1) is 13.1. The molecule has 138 valence electrons. The number of pyridine rings is 1. The second-order valence-electron chi connectivity index (χ2n) is 6.59. The van der Waals surface area contributed by atoms with Gasteiger partial charge in [0.15, 0.2) is 16.7 Å². The van der Waals surface area contributed by atoms with Crippen LogP contribution in [0.2, 0.25) is 0 Å². The van der Waals surface area contributed by atoms with Crippen LogP contribution in [-0.4, -0.2) is 24.1 Å². The lowest BCUT2D eigenvalue weighted by molar-refractivity contribution is 0.489. The molecule has 0 atom stereocenters. The van der Waals surface area contributed by atoms with Gasteiger partial charge in [-0.3, -0.25) is 13.8 Å². The molecule has 0 aromatic carbocycles. The molecule has 0 aliphatic carbocycles. The molecule has 8 heteroatoms. The smallest absolute Gasteiger partial charge is 0.258 e. The average molecular weight is 381 g/mol. The van der Waals surface area contributed by atoms with Gasteiger partial charge in [0.25, 0.3) is 5.56 Å². The van der Waals surface area contributed by atoms with E-state index in [-0.39, 0.29) is 5.56 Å². The predicted octanol–water partition coefficient (Wildman–Crippen LogP) is 3.49. The van der Waals surface area contributed by atoms with Crippen molar-refractivity contribution in [3.05, 3.63) is 64.9 Å². The molecule has 0 spiro atoms. The molecule has 0 aliphatic heterocycles. The lowest BCUT2D eigenvalue weighted by atomic mass is 10.2. The van der Waals surface area contributed by atoms with Crippen molar-refractivity contribution in [2.24, 2.45) is 5.92 Å². The Balaban J connectivity index is 1.62. The SMILES string of the molecule is CC(C)Cn1c(SCc2cc(=O)n3ccccc3n2)nnc1-c1ccco1. The minimum Gasteiger partial charge on any atom is -0.461 e. The molecule has 4 aromatic rings. The maximum atomic E-state index is 12.3. The molecule has 0 unspecified atom stereocenters. The highest BCUT2D eigenvalue weighted by Gasteiger charge is 2.17. The Hall–Kier alpha value is -2.87. The Bertz CT molecular complexity index is 1110. The first-order valence-electron chi connectivity index (χ1n) is 8.69. The predicted molar refractivity (Wildman–Crippen MR) is 104 cm³/mol. The summed E-state index contributed by atoms with van der Waals surface area (Å²) in [7, 11) is 0. The number of furan rings is 1. The van der Waals surface area contributed by atoms with Crippen LogP contribution in [0.25, 0.3) is 17.2 Å². The van der Waals surface area contributed by atoms with Gasteiger partial charge in [0.2, 0.25) is 0 Å². The Kier molecular flexibility index (Phi) is 4.81. The molecular weight excluding hydrogens is 362 g/mol. The summed E-state index contributed by atoms with van der Waals surface area (Å²) in [5.74, 6) is 2.37. The molecule has 4 aromatic heterocycles.